The summed E-state index contributed by atoms with van der Waals surface area (Å²) in [5.74, 6) is -1.67. The molecular formula is C26H34N4O5S. The van der Waals surface area contributed by atoms with E-state index in [0.29, 0.717) is 25.0 Å². The Morgan fingerprint density at radius 3 is 2.39 bits per heavy atom. The standard InChI is InChI=1S/C26H34N4O5S/c1-16-13-21(36(34,35)19-9-5-6-10-19)23(26(33)29-16)20(14-17-7-3-2-4-8-17)25(32)30-22-12-11-18(15-28-22)24(27)31/h11-13,15,17,19-20H,2-10,14H2,1H3,(H2,27,31)(H,29,33)(H,28,30,32). The molecule has 10 heteroatoms. The Morgan fingerprint density at radius 2 is 1.78 bits per heavy atom. The third kappa shape index (κ3) is 5.69. The van der Waals surface area contributed by atoms with Crippen LogP contribution in [0.5, 0.6) is 0 Å². The number of rotatable bonds is 8. The zero-order valence-electron chi connectivity index (χ0n) is 20.6. The highest BCUT2D eigenvalue weighted by Gasteiger charge is 2.38. The third-order valence-electron chi connectivity index (χ3n) is 7.47. The molecule has 2 aromatic heterocycles. The van der Waals surface area contributed by atoms with Crippen LogP contribution in [0, 0.1) is 12.8 Å². The first kappa shape index (κ1) is 26.1. The van der Waals surface area contributed by atoms with Crippen molar-refractivity contribution in [2.75, 3.05) is 5.32 Å². The highest BCUT2D eigenvalue weighted by atomic mass is 32.2. The largest absolute Gasteiger partial charge is 0.366 e. The number of H-pyrrole nitrogens is 1. The van der Waals surface area contributed by atoms with Crippen molar-refractivity contribution >= 4 is 27.5 Å². The Kier molecular flexibility index (Phi) is 7.92. The molecule has 0 spiro atoms. The van der Waals surface area contributed by atoms with Gasteiger partial charge in [0.2, 0.25) is 11.8 Å². The molecular weight excluding hydrogens is 480 g/mol. The highest BCUT2D eigenvalue weighted by molar-refractivity contribution is 7.92. The number of sulfone groups is 1. The number of nitrogens with zero attached hydrogens (tertiary/aromatic N) is 1. The van der Waals surface area contributed by atoms with Gasteiger partial charge < -0.3 is 16.0 Å². The van der Waals surface area contributed by atoms with E-state index in [9.17, 15) is 22.8 Å². The molecule has 0 bridgehead atoms. The van der Waals surface area contributed by atoms with Crippen LogP contribution in [-0.4, -0.2) is 35.5 Å². The van der Waals surface area contributed by atoms with Gasteiger partial charge in [-0.05, 0) is 50.3 Å². The number of hydrogen-bond donors (Lipinski definition) is 3. The molecule has 9 nitrogen and oxygen atoms in total. The molecule has 2 amide bonds. The number of anilines is 1. The van der Waals surface area contributed by atoms with Gasteiger partial charge in [0.1, 0.15) is 5.82 Å². The van der Waals surface area contributed by atoms with Crippen molar-refractivity contribution in [1.82, 2.24) is 9.97 Å². The molecule has 2 aliphatic carbocycles. The molecule has 4 rings (SSSR count). The minimum Gasteiger partial charge on any atom is -0.366 e. The molecule has 0 aromatic carbocycles. The summed E-state index contributed by atoms with van der Waals surface area (Å²) in [7, 11) is -3.79. The molecule has 1 unspecified atom stereocenters. The van der Waals surface area contributed by atoms with Crippen LogP contribution in [0.1, 0.15) is 91.7 Å². The smallest absolute Gasteiger partial charge is 0.253 e. The lowest BCUT2D eigenvalue weighted by Crippen LogP contribution is -2.33. The van der Waals surface area contributed by atoms with Crippen LogP contribution in [0.15, 0.2) is 34.1 Å². The fourth-order valence-corrected chi connectivity index (χ4v) is 7.75. The summed E-state index contributed by atoms with van der Waals surface area (Å²) in [6.07, 6.45) is 9.53. The molecule has 4 N–H and O–H groups in total. The number of primary amides is 1. The van der Waals surface area contributed by atoms with Crippen LogP contribution in [0.2, 0.25) is 0 Å². The normalized spacial score (nSPS) is 18.1. The predicted molar refractivity (Wildman–Crippen MR) is 137 cm³/mol. The van der Waals surface area contributed by atoms with E-state index in [2.05, 4.69) is 15.3 Å². The summed E-state index contributed by atoms with van der Waals surface area (Å²) in [6.45, 7) is 1.65. The molecule has 36 heavy (non-hydrogen) atoms. The first-order valence-electron chi connectivity index (χ1n) is 12.7. The molecule has 2 aliphatic rings. The Bertz CT molecular complexity index is 1270. The van der Waals surface area contributed by atoms with Crippen molar-refractivity contribution in [2.45, 2.75) is 87.2 Å². The Labute approximate surface area is 211 Å². The monoisotopic (exact) mass is 514 g/mol. The van der Waals surface area contributed by atoms with Crippen LogP contribution in [-0.2, 0) is 14.6 Å². The van der Waals surface area contributed by atoms with Gasteiger partial charge in [-0.1, -0.05) is 44.9 Å². The number of carbonyl (C=O) groups is 2. The van der Waals surface area contributed by atoms with Gasteiger partial charge in [-0.25, -0.2) is 13.4 Å². The number of nitrogens with two attached hydrogens (primary N) is 1. The number of aromatic nitrogens is 2. The molecule has 0 radical (unpaired) electrons. The summed E-state index contributed by atoms with van der Waals surface area (Å²) < 4.78 is 27.4. The van der Waals surface area contributed by atoms with Gasteiger partial charge in [0.15, 0.2) is 9.84 Å². The minimum atomic E-state index is -3.79. The van der Waals surface area contributed by atoms with Crippen LogP contribution in [0.25, 0.3) is 0 Å². The summed E-state index contributed by atoms with van der Waals surface area (Å²) >= 11 is 0. The van der Waals surface area contributed by atoms with E-state index in [1.165, 1.54) is 24.4 Å². The number of aryl methyl sites for hydroxylation is 1. The topological polar surface area (TPSA) is 152 Å². The van der Waals surface area contributed by atoms with Crippen molar-refractivity contribution in [3.05, 3.63) is 51.6 Å². The lowest BCUT2D eigenvalue weighted by molar-refractivity contribution is -0.118. The Morgan fingerprint density at radius 1 is 1.11 bits per heavy atom. The van der Waals surface area contributed by atoms with E-state index < -0.39 is 38.4 Å². The first-order valence-corrected chi connectivity index (χ1v) is 14.3. The molecule has 0 saturated heterocycles. The second-order valence-corrected chi connectivity index (χ2v) is 12.3. The summed E-state index contributed by atoms with van der Waals surface area (Å²) in [6, 6.07) is 4.42. The van der Waals surface area contributed by atoms with E-state index in [-0.39, 0.29) is 27.8 Å². The van der Waals surface area contributed by atoms with Crippen LogP contribution >= 0.6 is 0 Å². The van der Waals surface area contributed by atoms with Gasteiger partial charge in [0.25, 0.3) is 5.56 Å². The minimum absolute atomic E-state index is 0.0179. The van der Waals surface area contributed by atoms with Gasteiger partial charge in [-0.3, -0.25) is 14.4 Å². The number of pyridine rings is 2. The van der Waals surface area contributed by atoms with Crippen molar-refractivity contribution in [1.29, 1.82) is 0 Å². The van der Waals surface area contributed by atoms with Gasteiger partial charge in [-0.2, -0.15) is 0 Å². The fraction of sp³-hybridized carbons (Fsp3) is 0.538. The molecule has 194 valence electrons. The van der Waals surface area contributed by atoms with Crippen molar-refractivity contribution in [3.8, 4) is 0 Å². The van der Waals surface area contributed by atoms with Crippen LogP contribution in [0.3, 0.4) is 0 Å². The average molecular weight is 515 g/mol. The summed E-state index contributed by atoms with van der Waals surface area (Å²) in [5.41, 5.74) is 5.39. The Hall–Kier alpha value is -3.01. The molecule has 2 heterocycles. The summed E-state index contributed by atoms with van der Waals surface area (Å²) in [5, 5.41) is 2.19. The number of carbonyl (C=O) groups excluding carboxylic acids is 2. The lowest BCUT2D eigenvalue weighted by atomic mass is 9.80. The van der Waals surface area contributed by atoms with Crippen LogP contribution in [0.4, 0.5) is 5.82 Å². The maximum atomic E-state index is 13.7. The maximum absolute atomic E-state index is 13.7. The van der Waals surface area contributed by atoms with Gasteiger partial charge in [0.05, 0.1) is 21.6 Å². The zero-order chi connectivity index (χ0) is 25.9. The number of nitrogens with one attached hydrogen (secondary N) is 2. The summed E-state index contributed by atoms with van der Waals surface area (Å²) in [4.78, 5) is 45.1. The Balaban J connectivity index is 1.75. The fourth-order valence-electron chi connectivity index (χ4n) is 5.55. The maximum Gasteiger partial charge on any atom is 0.253 e. The van der Waals surface area contributed by atoms with E-state index in [1.807, 2.05) is 0 Å². The van der Waals surface area contributed by atoms with E-state index in [4.69, 9.17) is 5.73 Å². The highest BCUT2D eigenvalue weighted by Crippen LogP contribution is 2.37. The van der Waals surface area contributed by atoms with Crippen molar-refractivity contribution in [3.63, 3.8) is 0 Å². The molecule has 2 saturated carbocycles. The van der Waals surface area contributed by atoms with Crippen molar-refractivity contribution < 1.29 is 18.0 Å². The van der Waals surface area contributed by atoms with Gasteiger partial charge in [-0.15, -0.1) is 0 Å². The quantitative estimate of drug-likeness (QED) is 0.489. The van der Waals surface area contributed by atoms with E-state index in [1.54, 1.807) is 6.92 Å². The number of aromatic amines is 1. The SMILES string of the molecule is Cc1cc(S(=O)(=O)C2CCCC2)c(C(CC2CCCCC2)C(=O)Nc2ccc(C(N)=O)cn2)c(=O)[nH]1. The second kappa shape index (κ2) is 10.9. The average Bonchev–Trinajstić information content (AvgIpc) is 3.39. The van der Waals surface area contributed by atoms with Gasteiger partial charge >= 0.3 is 0 Å². The molecule has 1 atom stereocenters. The number of hydrogen-bond acceptors (Lipinski definition) is 6. The first-order chi connectivity index (χ1) is 17.2. The molecule has 0 aliphatic heterocycles. The predicted octanol–water partition coefficient (Wildman–Crippen LogP) is 3.59. The lowest BCUT2D eigenvalue weighted by Gasteiger charge is -2.27. The van der Waals surface area contributed by atoms with Crippen molar-refractivity contribution in [2.24, 2.45) is 11.7 Å². The molecule has 2 aromatic rings. The van der Waals surface area contributed by atoms with Gasteiger partial charge in [0, 0.05) is 17.5 Å². The number of amides is 2. The second-order valence-electron chi connectivity index (χ2n) is 10.1. The van der Waals surface area contributed by atoms with E-state index in [0.717, 1.165) is 44.9 Å². The zero-order valence-corrected chi connectivity index (χ0v) is 21.4. The van der Waals surface area contributed by atoms with Crippen LogP contribution < -0.4 is 16.6 Å². The molecule has 2 fully saturated rings. The third-order valence-corrected chi connectivity index (χ3v) is 9.77. The van der Waals surface area contributed by atoms with E-state index >= 15 is 0 Å².